The number of barbiturate groups is 1. The van der Waals surface area contributed by atoms with Crippen molar-refractivity contribution < 1.29 is 14.4 Å². The molecule has 1 saturated heterocycles. The SMILES string of the molecule is C=CCC1([C@H](C)/C=C\C)C(=O)NC(=O)NC1=O. The fraction of sp³-hybridized carbons (Fsp3) is 0.417. The van der Waals surface area contributed by atoms with Crippen LogP contribution in [0.4, 0.5) is 4.79 Å². The number of rotatable bonds is 4. The maximum atomic E-state index is 12.0. The number of nitrogens with one attached hydrogen (secondary N) is 2. The molecule has 5 nitrogen and oxygen atoms in total. The Morgan fingerprint density at radius 1 is 1.29 bits per heavy atom. The number of hydrogen-bond acceptors (Lipinski definition) is 3. The van der Waals surface area contributed by atoms with Crippen molar-refractivity contribution in [3.8, 4) is 0 Å². The molecule has 1 rings (SSSR count). The highest BCUT2D eigenvalue weighted by Crippen LogP contribution is 2.35. The molecule has 0 saturated carbocycles. The summed E-state index contributed by atoms with van der Waals surface area (Å²) in [6.45, 7) is 7.13. The molecule has 2 N–H and O–H groups in total. The van der Waals surface area contributed by atoms with E-state index in [2.05, 4.69) is 17.2 Å². The van der Waals surface area contributed by atoms with Crippen molar-refractivity contribution in [1.29, 1.82) is 0 Å². The van der Waals surface area contributed by atoms with Gasteiger partial charge in [-0.25, -0.2) is 4.79 Å². The molecule has 92 valence electrons. The van der Waals surface area contributed by atoms with E-state index >= 15 is 0 Å². The summed E-state index contributed by atoms with van der Waals surface area (Å²) >= 11 is 0. The normalized spacial score (nSPS) is 20.9. The molecular weight excluding hydrogens is 220 g/mol. The van der Waals surface area contributed by atoms with Crippen molar-refractivity contribution in [2.24, 2.45) is 11.3 Å². The summed E-state index contributed by atoms with van der Waals surface area (Å²) in [7, 11) is 0. The fourth-order valence-electron chi connectivity index (χ4n) is 2.03. The molecule has 0 aromatic heterocycles. The van der Waals surface area contributed by atoms with Crippen molar-refractivity contribution in [3.05, 3.63) is 24.8 Å². The minimum Gasteiger partial charge on any atom is -0.277 e. The standard InChI is InChI=1S/C12H16N2O3/c1-4-6-8(3)12(7-5-2)9(15)13-11(17)14-10(12)16/h4-6,8H,2,7H2,1,3H3,(H2,13,14,15,16,17)/b6-4-/t8-/m1/s1. The molecule has 5 heteroatoms. The molecule has 0 aromatic rings. The molecular formula is C12H16N2O3. The van der Waals surface area contributed by atoms with Crippen LogP contribution in [0.1, 0.15) is 20.3 Å². The van der Waals surface area contributed by atoms with Crippen LogP contribution in [0.2, 0.25) is 0 Å². The van der Waals surface area contributed by atoms with Crippen molar-refractivity contribution in [2.75, 3.05) is 0 Å². The zero-order chi connectivity index (χ0) is 13.1. The Kier molecular flexibility index (Phi) is 3.83. The van der Waals surface area contributed by atoms with Gasteiger partial charge in [0.15, 0.2) is 0 Å². The van der Waals surface area contributed by atoms with Gasteiger partial charge in [-0.2, -0.15) is 0 Å². The summed E-state index contributed by atoms with van der Waals surface area (Å²) in [6.07, 6.45) is 5.23. The van der Waals surface area contributed by atoms with Gasteiger partial charge in [0, 0.05) is 0 Å². The molecule has 0 bridgehead atoms. The lowest BCUT2D eigenvalue weighted by atomic mass is 9.71. The monoisotopic (exact) mass is 236 g/mol. The van der Waals surface area contributed by atoms with Gasteiger partial charge in [0.25, 0.3) is 0 Å². The van der Waals surface area contributed by atoms with Crippen LogP contribution in [-0.2, 0) is 9.59 Å². The number of carbonyl (C=O) groups is 3. The number of allylic oxidation sites excluding steroid dienone is 3. The van der Waals surface area contributed by atoms with Crippen LogP contribution in [-0.4, -0.2) is 17.8 Å². The lowest BCUT2D eigenvalue weighted by molar-refractivity contribution is -0.146. The van der Waals surface area contributed by atoms with E-state index in [1.807, 2.05) is 6.92 Å². The van der Waals surface area contributed by atoms with Gasteiger partial charge in [0.2, 0.25) is 11.8 Å². The van der Waals surface area contributed by atoms with Gasteiger partial charge in [-0.3, -0.25) is 20.2 Å². The summed E-state index contributed by atoms with van der Waals surface area (Å²) < 4.78 is 0. The van der Waals surface area contributed by atoms with E-state index in [0.29, 0.717) is 0 Å². The van der Waals surface area contributed by atoms with Gasteiger partial charge in [-0.15, -0.1) is 6.58 Å². The molecule has 0 spiro atoms. The van der Waals surface area contributed by atoms with Crippen molar-refractivity contribution in [1.82, 2.24) is 10.6 Å². The van der Waals surface area contributed by atoms with Crippen molar-refractivity contribution >= 4 is 17.8 Å². The quantitative estimate of drug-likeness (QED) is 0.567. The third-order valence-corrected chi connectivity index (χ3v) is 2.99. The first-order chi connectivity index (χ1) is 7.98. The molecule has 4 amide bonds. The second-order valence-electron chi connectivity index (χ2n) is 4.02. The second-order valence-corrected chi connectivity index (χ2v) is 4.02. The first-order valence-electron chi connectivity index (χ1n) is 5.39. The van der Waals surface area contributed by atoms with Crippen LogP contribution < -0.4 is 10.6 Å². The zero-order valence-electron chi connectivity index (χ0n) is 9.95. The predicted molar refractivity (Wildman–Crippen MR) is 62.9 cm³/mol. The Morgan fingerprint density at radius 3 is 2.24 bits per heavy atom. The predicted octanol–water partition coefficient (Wildman–Crippen LogP) is 1.13. The van der Waals surface area contributed by atoms with Gasteiger partial charge in [0.05, 0.1) is 0 Å². The molecule has 1 atom stereocenters. The molecule has 1 heterocycles. The Hall–Kier alpha value is -1.91. The van der Waals surface area contributed by atoms with E-state index in [4.69, 9.17) is 0 Å². The summed E-state index contributed by atoms with van der Waals surface area (Å²) in [5.41, 5.74) is -1.29. The minimum absolute atomic E-state index is 0.184. The molecule has 0 aliphatic carbocycles. The number of urea groups is 1. The fourth-order valence-corrected chi connectivity index (χ4v) is 2.03. The van der Waals surface area contributed by atoms with E-state index in [1.54, 1.807) is 19.1 Å². The van der Waals surface area contributed by atoms with Crippen molar-refractivity contribution in [3.63, 3.8) is 0 Å². The molecule has 0 aromatic carbocycles. The largest absolute Gasteiger partial charge is 0.328 e. The molecule has 1 aliphatic heterocycles. The Morgan fingerprint density at radius 2 is 1.82 bits per heavy atom. The average molecular weight is 236 g/mol. The summed E-state index contributed by atoms with van der Waals surface area (Å²) in [6, 6.07) is -0.771. The lowest BCUT2D eigenvalue weighted by Crippen LogP contribution is -2.64. The lowest BCUT2D eigenvalue weighted by Gasteiger charge is -2.36. The zero-order valence-corrected chi connectivity index (χ0v) is 9.95. The van der Waals surface area contributed by atoms with Crippen LogP contribution in [0.5, 0.6) is 0 Å². The highest BCUT2D eigenvalue weighted by atomic mass is 16.2. The van der Waals surface area contributed by atoms with Crippen LogP contribution in [0.3, 0.4) is 0 Å². The van der Waals surface area contributed by atoms with E-state index in [9.17, 15) is 14.4 Å². The van der Waals surface area contributed by atoms with Crippen LogP contribution >= 0.6 is 0 Å². The third-order valence-electron chi connectivity index (χ3n) is 2.99. The molecule has 0 unspecified atom stereocenters. The second kappa shape index (κ2) is 4.95. The number of imide groups is 2. The van der Waals surface area contributed by atoms with Crippen LogP contribution in [0.25, 0.3) is 0 Å². The third kappa shape index (κ3) is 2.13. The van der Waals surface area contributed by atoms with Gasteiger partial charge in [0.1, 0.15) is 5.41 Å². The van der Waals surface area contributed by atoms with Crippen molar-refractivity contribution in [2.45, 2.75) is 20.3 Å². The van der Waals surface area contributed by atoms with E-state index < -0.39 is 23.3 Å². The van der Waals surface area contributed by atoms with Crippen LogP contribution in [0.15, 0.2) is 24.8 Å². The van der Waals surface area contributed by atoms with Crippen LogP contribution in [0, 0.1) is 11.3 Å². The first-order valence-corrected chi connectivity index (χ1v) is 5.39. The van der Waals surface area contributed by atoms with E-state index in [1.165, 1.54) is 6.08 Å². The molecule has 1 aliphatic rings. The summed E-state index contributed by atoms with van der Waals surface area (Å²) in [4.78, 5) is 35.0. The minimum atomic E-state index is -1.29. The Bertz CT molecular complexity index is 379. The molecule has 17 heavy (non-hydrogen) atoms. The molecule has 1 fully saturated rings. The van der Waals surface area contributed by atoms with E-state index in [-0.39, 0.29) is 12.3 Å². The van der Waals surface area contributed by atoms with E-state index in [0.717, 1.165) is 0 Å². The highest BCUT2D eigenvalue weighted by Gasteiger charge is 2.52. The summed E-state index contributed by atoms with van der Waals surface area (Å²) in [5, 5.41) is 4.27. The van der Waals surface area contributed by atoms with Gasteiger partial charge in [-0.05, 0) is 19.3 Å². The number of amides is 4. The van der Waals surface area contributed by atoms with Gasteiger partial charge < -0.3 is 0 Å². The van der Waals surface area contributed by atoms with Gasteiger partial charge in [-0.1, -0.05) is 25.2 Å². The number of hydrogen-bond donors (Lipinski definition) is 2. The topological polar surface area (TPSA) is 75.3 Å². The highest BCUT2D eigenvalue weighted by molar-refractivity contribution is 6.19. The first kappa shape index (κ1) is 13.2. The maximum Gasteiger partial charge on any atom is 0.328 e. The number of carbonyl (C=O) groups excluding carboxylic acids is 3. The smallest absolute Gasteiger partial charge is 0.277 e. The molecule has 0 radical (unpaired) electrons. The maximum absolute atomic E-state index is 12.0. The summed E-state index contributed by atoms with van der Waals surface area (Å²) in [5.74, 6) is -1.47. The van der Waals surface area contributed by atoms with Gasteiger partial charge >= 0.3 is 6.03 Å². The average Bonchev–Trinajstić information content (AvgIpc) is 2.23. The Balaban J connectivity index is 3.21. The Labute approximate surface area is 100.0 Å².